The molecule has 3 rings (SSSR count). The number of carbonyl (C=O) groups excluding carboxylic acids is 1. The first-order valence-corrected chi connectivity index (χ1v) is 10.2. The van der Waals surface area contributed by atoms with Crippen LogP contribution in [0.5, 0.6) is 0 Å². The highest BCUT2D eigenvalue weighted by Gasteiger charge is 2.09. The number of aryl methyl sites for hydroxylation is 2. The Kier molecular flexibility index (Phi) is 7.97. The molecule has 2 aromatic heterocycles. The molecule has 7 nitrogen and oxygen atoms in total. The van der Waals surface area contributed by atoms with Gasteiger partial charge in [-0.1, -0.05) is 48.0 Å². The van der Waals surface area contributed by atoms with E-state index in [0.717, 1.165) is 11.3 Å². The van der Waals surface area contributed by atoms with Gasteiger partial charge in [0.25, 0.3) is 5.56 Å². The van der Waals surface area contributed by atoms with E-state index in [-0.39, 0.29) is 35.4 Å². The molecular formula is C22H24ClN5O2. The van der Waals surface area contributed by atoms with E-state index in [0.29, 0.717) is 25.9 Å². The molecule has 1 amide bonds. The second kappa shape index (κ2) is 11.1. The van der Waals surface area contributed by atoms with Gasteiger partial charge in [-0.15, -0.1) is 0 Å². The van der Waals surface area contributed by atoms with Crippen LogP contribution in [0.15, 0.2) is 65.7 Å². The van der Waals surface area contributed by atoms with Crippen molar-refractivity contribution in [3.63, 3.8) is 0 Å². The Labute approximate surface area is 180 Å². The quantitative estimate of drug-likeness (QED) is 0.521. The molecule has 1 aromatic carbocycles. The van der Waals surface area contributed by atoms with Gasteiger partial charge in [0.1, 0.15) is 5.15 Å². The zero-order chi connectivity index (χ0) is 21.2. The van der Waals surface area contributed by atoms with Gasteiger partial charge in [-0.05, 0) is 24.1 Å². The molecule has 0 spiro atoms. The van der Waals surface area contributed by atoms with Crippen LogP contribution in [0.3, 0.4) is 0 Å². The number of anilines is 1. The van der Waals surface area contributed by atoms with E-state index in [4.69, 9.17) is 11.6 Å². The van der Waals surface area contributed by atoms with E-state index in [9.17, 15) is 9.59 Å². The van der Waals surface area contributed by atoms with Crippen LogP contribution >= 0.6 is 11.6 Å². The first kappa shape index (κ1) is 21.5. The molecule has 0 atom stereocenters. The van der Waals surface area contributed by atoms with Gasteiger partial charge in [0.05, 0.1) is 0 Å². The molecule has 0 radical (unpaired) electrons. The number of benzene rings is 1. The van der Waals surface area contributed by atoms with Gasteiger partial charge >= 0.3 is 0 Å². The van der Waals surface area contributed by atoms with Gasteiger partial charge in [0, 0.05) is 50.6 Å². The molecule has 0 aliphatic heterocycles. The average Bonchev–Trinajstić information content (AvgIpc) is 2.76. The predicted molar refractivity (Wildman–Crippen MR) is 118 cm³/mol. The zero-order valence-electron chi connectivity index (χ0n) is 16.6. The number of hydrogen-bond donors (Lipinski definition) is 2. The van der Waals surface area contributed by atoms with Gasteiger partial charge in [-0.25, -0.2) is 4.98 Å². The Balaban J connectivity index is 1.47. The molecule has 0 bridgehead atoms. The van der Waals surface area contributed by atoms with Gasteiger partial charge in [-0.3, -0.25) is 14.6 Å². The highest BCUT2D eigenvalue weighted by molar-refractivity contribution is 6.29. The van der Waals surface area contributed by atoms with Crippen molar-refractivity contribution in [3.8, 4) is 0 Å². The summed E-state index contributed by atoms with van der Waals surface area (Å²) in [6.07, 6.45) is 4.86. The summed E-state index contributed by atoms with van der Waals surface area (Å²) in [5, 5.41) is 6.00. The second-order valence-electron chi connectivity index (χ2n) is 6.74. The Hall–Kier alpha value is -3.19. The number of pyridine rings is 1. The van der Waals surface area contributed by atoms with E-state index in [1.807, 2.05) is 48.5 Å². The Morgan fingerprint density at radius 2 is 1.83 bits per heavy atom. The Morgan fingerprint density at radius 1 is 1.03 bits per heavy atom. The minimum absolute atomic E-state index is 0.107. The van der Waals surface area contributed by atoms with Crippen LogP contribution in [0.1, 0.15) is 17.7 Å². The largest absolute Gasteiger partial charge is 0.365 e. The van der Waals surface area contributed by atoms with E-state index in [1.54, 1.807) is 6.20 Å². The Morgan fingerprint density at radius 3 is 2.60 bits per heavy atom. The predicted octanol–water partition coefficient (Wildman–Crippen LogP) is 2.70. The number of hydrogen-bond acceptors (Lipinski definition) is 5. The Bertz CT molecular complexity index is 1010. The lowest BCUT2D eigenvalue weighted by atomic mass is 10.1. The summed E-state index contributed by atoms with van der Waals surface area (Å²) in [7, 11) is 0. The molecule has 0 aliphatic rings. The maximum Gasteiger partial charge on any atom is 0.293 e. The van der Waals surface area contributed by atoms with E-state index in [1.165, 1.54) is 10.8 Å². The second-order valence-corrected chi connectivity index (χ2v) is 7.13. The summed E-state index contributed by atoms with van der Waals surface area (Å²) in [6, 6.07) is 15.6. The van der Waals surface area contributed by atoms with Crippen LogP contribution in [0.25, 0.3) is 0 Å². The molecule has 0 saturated carbocycles. The van der Waals surface area contributed by atoms with Crippen LogP contribution in [0, 0.1) is 0 Å². The SMILES string of the molecule is O=C(CCNc1nc(Cl)cn(CCc2ccccc2)c1=O)NCCc1ccccn1. The van der Waals surface area contributed by atoms with E-state index >= 15 is 0 Å². The van der Waals surface area contributed by atoms with Gasteiger partial charge in [-0.2, -0.15) is 0 Å². The summed E-state index contributed by atoms with van der Waals surface area (Å²) in [5.41, 5.74) is 1.80. The fourth-order valence-electron chi connectivity index (χ4n) is 2.94. The molecule has 156 valence electrons. The third kappa shape index (κ3) is 6.70. The highest BCUT2D eigenvalue weighted by Crippen LogP contribution is 2.07. The fraction of sp³-hybridized carbons (Fsp3) is 0.273. The van der Waals surface area contributed by atoms with Crippen molar-refractivity contribution in [2.45, 2.75) is 25.8 Å². The third-order valence-electron chi connectivity index (χ3n) is 4.50. The number of nitrogens with zero attached hydrogens (tertiary/aromatic N) is 3. The standard InChI is InChI=1S/C22H24ClN5O2/c23-19-16-28(15-11-17-6-2-1-3-7-17)22(30)21(27-19)26-14-10-20(29)25-13-9-18-8-4-5-12-24-18/h1-8,12,16H,9-11,13-15H2,(H,25,29)(H,26,27). The first-order chi connectivity index (χ1) is 14.6. The summed E-state index contributed by atoms with van der Waals surface area (Å²) >= 11 is 6.08. The first-order valence-electron chi connectivity index (χ1n) is 9.83. The van der Waals surface area contributed by atoms with Crippen molar-refractivity contribution in [3.05, 3.63) is 87.7 Å². The van der Waals surface area contributed by atoms with Gasteiger partial charge < -0.3 is 15.2 Å². The topological polar surface area (TPSA) is 88.9 Å². The summed E-state index contributed by atoms with van der Waals surface area (Å²) in [4.78, 5) is 32.9. The van der Waals surface area contributed by atoms with Crippen LogP contribution in [-0.4, -0.2) is 33.5 Å². The number of rotatable bonds is 10. The molecule has 0 fully saturated rings. The average molecular weight is 426 g/mol. The maximum absolute atomic E-state index is 12.6. The van der Waals surface area contributed by atoms with Gasteiger partial charge in [0.15, 0.2) is 5.82 Å². The van der Waals surface area contributed by atoms with Crippen molar-refractivity contribution in [2.75, 3.05) is 18.4 Å². The zero-order valence-corrected chi connectivity index (χ0v) is 17.3. The summed E-state index contributed by atoms with van der Waals surface area (Å²) in [5.74, 6) is 0.0432. The number of aromatic nitrogens is 3. The van der Waals surface area contributed by atoms with Crippen molar-refractivity contribution >= 4 is 23.3 Å². The van der Waals surface area contributed by atoms with Gasteiger partial charge in [0.2, 0.25) is 5.91 Å². The van der Waals surface area contributed by atoms with Crippen molar-refractivity contribution in [2.24, 2.45) is 0 Å². The molecular weight excluding hydrogens is 402 g/mol. The number of carbonyl (C=O) groups is 1. The summed E-state index contributed by atoms with van der Waals surface area (Å²) < 4.78 is 1.54. The van der Waals surface area contributed by atoms with Crippen molar-refractivity contribution in [1.29, 1.82) is 0 Å². The molecule has 0 saturated heterocycles. The highest BCUT2D eigenvalue weighted by atomic mass is 35.5. The monoisotopic (exact) mass is 425 g/mol. The number of halogens is 1. The van der Waals surface area contributed by atoms with E-state index < -0.39 is 0 Å². The summed E-state index contributed by atoms with van der Waals surface area (Å²) in [6.45, 7) is 1.29. The lowest BCUT2D eigenvalue weighted by molar-refractivity contribution is -0.120. The molecule has 2 heterocycles. The third-order valence-corrected chi connectivity index (χ3v) is 4.68. The van der Waals surface area contributed by atoms with Crippen LogP contribution in [0.2, 0.25) is 5.15 Å². The number of amides is 1. The number of nitrogens with one attached hydrogen (secondary N) is 2. The van der Waals surface area contributed by atoms with E-state index in [2.05, 4.69) is 20.6 Å². The fourth-order valence-corrected chi connectivity index (χ4v) is 3.14. The van der Waals surface area contributed by atoms with Crippen LogP contribution in [-0.2, 0) is 24.2 Å². The normalized spacial score (nSPS) is 10.6. The molecule has 8 heteroatoms. The maximum atomic E-state index is 12.6. The molecule has 30 heavy (non-hydrogen) atoms. The van der Waals surface area contributed by atoms with Crippen molar-refractivity contribution < 1.29 is 4.79 Å². The molecule has 0 aliphatic carbocycles. The molecule has 2 N–H and O–H groups in total. The molecule has 3 aromatic rings. The van der Waals surface area contributed by atoms with Crippen molar-refractivity contribution in [1.82, 2.24) is 19.9 Å². The lowest BCUT2D eigenvalue weighted by Gasteiger charge is -2.10. The minimum atomic E-state index is -0.258. The molecule has 0 unspecified atom stereocenters. The minimum Gasteiger partial charge on any atom is -0.365 e. The smallest absolute Gasteiger partial charge is 0.293 e. The lowest BCUT2D eigenvalue weighted by Crippen LogP contribution is -2.29. The van der Waals surface area contributed by atoms with Crippen LogP contribution in [0.4, 0.5) is 5.82 Å². The van der Waals surface area contributed by atoms with Crippen LogP contribution < -0.4 is 16.2 Å².